The normalized spacial score (nSPS) is 14.2. The van der Waals surface area contributed by atoms with Crippen LogP contribution >= 0.6 is 0 Å². The molecule has 2 nitrogen and oxygen atoms in total. The van der Waals surface area contributed by atoms with Gasteiger partial charge in [0.25, 0.3) is 0 Å². The van der Waals surface area contributed by atoms with E-state index in [1.165, 1.54) is 83.1 Å². The van der Waals surface area contributed by atoms with Crippen molar-refractivity contribution in [3.05, 3.63) is 305 Å². The molecule has 0 radical (unpaired) electrons. The summed E-state index contributed by atoms with van der Waals surface area (Å²) >= 11 is 0. The van der Waals surface area contributed by atoms with E-state index in [1.54, 1.807) is 0 Å². The molecule has 11 aromatic carbocycles. The average Bonchev–Trinajstić information content (AvgIpc) is 3.89. The van der Waals surface area contributed by atoms with Gasteiger partial charge >= 0.3 is 0 Å². The lowest BCUT2D eigenvalue weighted by Crippen LogP contribution is -2.28. The zero-order chi connectivity index (χ0) is 48.4. The predicted octanol–water partition coefficient (Wildman–Crippen LogP) is 17.0. The van der Waals surface area contributed by atoms with Gasteiger partial charge in [0, 0.05) is 22.2 Å². The summed E-state index contributed by atoms with van der Waals surface area (Å²) < 4.78 is 0. The molecule has 11 aromatic rings. The van der Waals surface area contributed by atoms with Crippen LogP contribution in [0.4, 0.5) is 0 Å². The maximum atomic E-state index is 7.43. The molecule has 2 heteroatoms. The van der Waals surface area contributed by atoms with Gasteiger partial charge in [-0.1, -0.05) is 263 Å². The maximum Gasteiger partial charge on any atom is 0.0713 e. The van der Waals surface area contributed by atoms with Crippen LogP contribution in [-0.4, -0.2) is 5.71 Å². The molecule has 0 saturated carbocycles. The Bertz CT molecular complexity index is 3920. The molecular formula is C70H52N2. The first-order valence-corrected chi connectivity index (χ1v) is 25.1. The van der Waals surface area contributed by atoms with Crippen molar-refractivity contribution in [1.82, 2.24) is 0 Å². The number of rotatable bonds is 9. The Kier molecular flexibility index (Phi) is 10.3. The molecule has 13 rings (SSSR count). The fraction of sp³-hybridized carbons (Fsp3) is 0.0714. The zero-order valence-electron chi connectivity index (χ0n) is 40.5. The summed E-state index contributed by atoms with van der Waals surface area (Å²) in [6.07, 6.45) is 2.11. The monoisotopic (exact) mass is 920 g/mol. The SMILES string of the molecule is CC1(C)c2ccc3ccccc3c2-c2cccc(-c3ccc(-c4ccc(/C(N)=C/C(=NCc5ccccc5)c5cccc6c5-c5ccccc5C6(c5ccccc5)c5ccccc5)c5ccccc45)cc3)c21. The lowest BCUT2D eigenvalue weighted by atomic mass is 9.67. The van der Waals surface area contributed by atoms with Crippen LogP contribution in [0, 0.1) is 0 Å². The Morgan fingerprint density at radius 2 is 0.986 bits per heavy atom. The Morgan fingerprint density at radius 3 is 1.72 bits per heavy atom. The van der Waals surface area contributed by atoms with Gasteiger partial charge in [-0.05, 0) is 111 Å². The summed E-state index contributed by atoms with van der Waals surface area (Å²) in [5, 5.41) is 4.84. The zero-order valence-corrected chi connectivity index (χ0v) is 40.5. The van der Waals surface area contributed by atoms with E-state index in [4.69, 9.17) is 10.7 Å². The van der Waals surface area contributed by atoms with E-state index >= 15 is 0 Å². The van der Waals surface area contributed by atoms with Crippen LogP contribution in [0.1, 0.15) is 63.9 Å². The first-order chi connectivity index (χ1) is 35.4. The predicted molar refractivity (Wildman–Crippen MR) is 302 cm³/mol. The number of hydrogen-bond donors (Lipinski definition) is 1. The highest BCUT2D eigenvalue weighted by atomic mass is 14.7. The molecule has 2 aliphatic carbocycles. The van der Waals surface area contributed by atoms with Gasteiger partial charge in [0.05, 0.1) is 17.7 Å². The molecule has 0 aliphatic heterocycles. The molecule has 2 aliphatic rings. The molecule has 0 atom stereocenters. The first kappa shape index (κ1) is 43.2. The maximum absolute atomic E-state index is 7.43. The summed E-state index contributed by atoms with van der Waals surface area (Å²) in [6, 6.07) is 90.6. The number of fused-ring (bicyclic) bond motifs is 9. The first-order valence-electron chi connectivity index (χ1n) is 25.1. The van der Waals surface area contributed by atoms with E-state index in [9.17, 15) is 0 Å². The summed E-state index contributed by atoms with van der Waals surface area (Å²) in [4.78, 5) is 5.47. The van der Waals surface area contributed by atoms with E-state index in [0.29, 0.717) is 12.2 Å². The van der Waals surface area contributed by atoms with Crippen molar-refractivity contribution in [2.24, 2.45) is 10.7 Å². The minimum absolute atomic E-state index is 0.143. The van der Waals surface area contributed by atoms with Crippen LogP contribution in [0.3, 0.4) is 0 Å². The topological polar surface area (TPSA) is 38.4 Å². The third-order valence-corrected chi connectivity index (χ3v) is 15.6. The van der Waals surface area contributed by atoms with Gasteiger partial charge in [0.2, 0.25) is 0 Å². The van der Waals surface area contributed by atoms with Gasteiger partial charge in [-0.3, -0.25) is 4.99 Å². The van der Waals surface area contributed by atoms with Crippen molar-refractivity contribution < 1.29 is 0 Å². The standard InChI is InChI=1S/C70H52N2/c1-69(2)62-43-40-47-22-12-13-27-53(47)66(62)60-33-18-31-54(68(60)69)49-38-36-48(37-39-49)52-41-42-57(56-29-15-14-28-55(52)56)64(71)44-65(72-45-46-20-6-3-7-21-46)59-32-19-35-63-67(59)58-30-16-17-34-61(58)70(63,50-23-8-4-9-24-50)51-25-10-5-11-26-51/h3-44H,45,71H2,1-2H3/b64-44-,72-65?. The molecular weight excluding hydrogens is 869 g/mol. The van der Waals surface area contributed by atoms with Crippen molar-refractivity contribution in [1.29, 1.82) is 0 Å². The lowest BCUT2D eigenvalue weighted by molar-refractivity contribution is 0.662. The van der Waals surface area contributed by atoms with E-state index in [2.05, 4.69) is 269 Å². The molecule has 0 saturated heterocycles. The minimum Gasteiger partial charge on any atom is -0.398 e. The second-order valence-corrected chi connectivity index (χ2v) is 19.9. The molecule has 0 amide bonds. The minimum atomic E-state index is -0.534. The van der Waals surface area contributed by atoms with E-state index < -0.39 is 5.41 Å². The smallest absolute Gasteiger partial charge is 0.0713 e. The van der Waals surface area contributed by atoms with Crippen LogP contribution in [0.25, 0.3) is 71.7 Å². The molecule has 0 heterocycles. The van der Waals surface area contributed by atoms with Crippen LogP contribution < -0.4 is 5.73 Å². The van der Waals surface area contributed by atoms with Crippen molar-refractivity contribution in [3.8, 4) is 44.5 Å². The number of nitrogens with zero attached hydrogens (tertiary/aromatic N) is 1. The molecule has 0 fully saturated rings. The highest BCUT2D eigenvalue weighted by Gasteiger charge is 2.47. The fourth-order valence-electron chi connectivity index (χ4n) is 12.4. The summed E-state index contributed by atoms with van der Waals surface area (Å²) in [7, 11) is 0. The molecule has 0 unspecified atom stereocenters. The number of aliphatic imine (C=N–C) groups is 1. The summed E-state index contributed by atoms with van der Waals surface area (Å²) in [5.41, 5.74) is 29.1. The molecule has 0 aromatic heterocycles. The van der Waals surface area contributed by atoms with Gasteiger partial charge in [0.1, 0.15) is 0 Å². The number of benzene rings is 11. The van der Waals surface area contributed by atoms with Crippen molar-refractivity contribution >= 4 is 33.0 Å². The number of allylic oxidation sites excluding steroid dienone is 1. The largest absolute Gasteiger partial charge is 0.398 e. The second-order valence-electron chi connectivity index (χ2n) is 19.9. The third-order valence-electron chi connectivity index (χ3n) is 15.6. The van der Waals surface area contributed by atoms with Crippen molar-refractivity contribution in [2.45, 2.75) is 31.2 Å². The van der Waals surface area contributed by atoms with Crippen LogP contribution in [0.2, 0.25) is 0 Å². The molecule has 0 bridgehead atoms. The highest BCUT2D eigenvalue weighted by molar-refractivity contribution is 6.18. The average molecular weight is 921 g/mol. The number of nitrogens with two attached hydrogens (primary N) is 1. The Balaban J connectivity index is 0.916. The van der Waals surface area contributed by atoms with Gasteiger partial charge in [-0.15, -0.1) is 0 Å². The van der Waals surface area contributed by atoms with Crippen molar-refractivity contribution in [2.75, 3.05) is 0 Å². The third kappa shape index (κ3) is 6.74. The van der Waals surface area contributed by atoms with Gasteiger partial charge in [0.15, 0.2) is 0 Å². The van der Waals surface area contributed by atoms with Gasteiger partial charge in [-0.2, -0.15) is 0 Å². The molecule has 72 heavy (non-hydrogen) atoms. The Hall–Kier alpha value is -8.85. The molecule has 0 spiro atoms. The van der Waals surface area contributed by atoms with E-state index in [0.717, 1.165) is 38.7 Å². The van der Waals surface area contributed by atoms with E-state index in [-0.39, 0.29) is 5.41 Å². The summed E-state index contributed by atoms with van der Waals surface area (Å²) in [5.74, 6) is 0. The Morgan fingerprint density at radius 1 is 0.417 bits per heavy atom. The van der Waals surface area contributed by atoms with Gasteiger partial charge in [-0.25, -0.2) is 0 Å². The Labute approximate surface area is 422 Å². The lowest BCUT2D eigenvalue weighted by Gasteiger charge is -2.34. The van der Waals surface area contributed by atoms with Crippen molar-refractivity contribution in [3.63, 3.8) is 0 Å². The van der Waals surface area contributed by atoms with Gasteiger partial charge < -0.3 is 5.73 Å². The fourth-order valence-corrected chi connectivity index (χ4v) is 12.4. The van der Waals surface area contributed by atoms with Crippen LogP contribution in [0.15, 0.2) is 260 Å². The quantitative estimate of drug-likeness (QED) is 0.144. The molecule has 342 valence electrons. The number of hydrogen-bond acceptors (Lipinski definition) is 2. The highest BCUT2D eigenvalue weighted by Crippen LogP contribution is 2.58. The molecule has 2 N–H and O–H groups in total. The van der Waals surface area contributed by atoms with E-state index in [1.807, 2.05) is 0 Å². The van der Waals surface area contributed by atoms with Crippen LogP contribution in [-0.2, 0) is 17.4 Å². The summed E-state index contributed by atoms with van der Waals surface area (Å²) in [6.45, 7) is 5.27. The van der Waals surface area contributed by atoms with Crippen LogP contribution in [0.5, 0.6) is 0 Å². The second kappa shape index (κ2) is 17.2.